The van der Waals surface area contributed by atoms with Gasteiger partial charge in [0.15, 0.2) is 0 Å². The highest BCUT2D eigenvalue weighted by Gasteiger charge is 2.15. The third-order valence-corrected chi connectivity index (χ3v) is 3.39. The van der Waals surface area contributed by atoms with Gasteiger partial charge in [-0.1, -0.05) is 0 Å². The molecular formula is C13H22N2O. The Hall–Kier alpha value is -0.800. The highest BCUT2D eigenvalue weighted by atomic mass is 16.3. The van der Waals surface area contributed by atoms with Gasteiger partial charge in [-0.2, -0.15) is 0 Å². The predicted octanol–water partition coefficient (Wildman–Crippen LogP) is 1.90. The molecule has 0 aromatic carbocycles. The van der Waals surface area contributed by atoms with Crippen LogP contribution < -0.4 is 5.32 Å². The molecule has 1 saturated heterocycles. The Bertz CT molecular complexity index is 276. The molecule has 1 aliphatic heterocycles. The minimum absolute atomic E-state index is 0.657. The molecule has 90 valence electrons. The van der Waals surface area contributed by atoms with Gasteiger partial charge in [0.1, 0.15) is 5.76 Å². The predicted molar refractivity (Wildman–Crippen MR) is 65.6 cm³/mol. The zero-order chi connectivity index (χ0) is 11.2. The molecule has 16 heavy (non-hydrogen) atoms. The summed E-state index contributed by atoms with van der Waals surface area (Å²) in [6, 6.07) is 4.69. The van der Waals surface area contributed by atoms with Gasteiger partial charge in [0, 0.05) is 25.6 Å². The van der Waals surface area contributed by atoms with Gasteiger partial charge < -0.3 is 9.73 Å². The van der Waals surface area contributed by atoms with E-state index in [0.29, 0.717) is 6.04 Å². The maximum absolute atomic E-state index is 5.37. The minimum atomic E-state index is 0.657. The lowest BCUT2D eigenvalue weighted by Crippen LogP contribution is -2.36. The van der Waals surface area contributed by atoms with E-state index in [1.807, 2.05) is 6.07 Å². The van der Waals surface area contributed by atoms with Crippen molar-refractivity contribution in [3.05, 3.63) is 24.2 Å². The normalized spacial score (nSPS) is 20.6. The Balaban J connectivity index is 1.75. The molecule has 1 N–H and O–H groups in total. The Kier molecular flexibility index (Phi) is 4.43. The van der Waals surface area contributed by atoms with Crippen LogP contribution in [0.4, 0.5) is 0 Å². The summed E-state index contributed by atoms with van der Waals surface area (Å²) in [5.41, 5.74) is 0. The number of furan rings is 1. The Morgan fingerprint density at radius 3 is 3.19 bits per heavy atom. The molecule has 0 bridgehead atoms. The van der Waals surface area contributed by atoms with Crippen molar-refractivity contribution >= 4 is 0 Å². The summed E-state index contributed by atoms with van der Waals surface area (Å²) in [5, 5.41) is 3.44. The van der Waals surface area contributed by atoms with Crippen LogP contribution in [0.15, 0.2) is 22.8 Å². The van der Waals surface area contributed by atoms with Gasteiger partial charge in [-0.05, 0) is 45.0 Å². The number of hydrogen-bond acceptors (Lipinski definition) is 3. The number of rotatable bonds is 4. The van der Waals surface area contributed by atoms with E-state index in [9.17, 15) is 0 Å². The zero-order valence-electron chi connectivity index (χ0n) is 10.1. The quantitative estimate of drug-likeness (QED) is 0.843. The van der Waals surface area contributed by atoms with E-state index in [1.165, 1.54) is 32.5 Å². The molecule has 1 aromatic rings. The molecule has 1 fully saturated rings. The van der Waals surface area contributed by atoms with Gasteiger partial charge in [0.2, 0.25) is 0 Å². The van der Waals surface area contributed by atoms with Gasteiger partial charge in [-0.25, -0.2) is 0 Å². The largest absolute Gasteiger partial charge is 0.469 e. The third kappa shape index (κ3) is 3.35. The molecule has 3 nitrogen and oxygen atoms in total. The van der Waals surface area contributed by atoms with E-state index in [2.05, 4.69) is 23.2 Å². The van der Waals surface area contributed by atoms with E-state index < -0.39 is 0 Å². The lowest BCUT2D eigenvalue weighted by molar-refractivity contribution is 0.211. The Labute approximate surface area is 97.8 Å². The maximum atomic E-state index is 5.37. The molecule has 0 aliphatic carbocycles. The van der Waals surface area contributed by atoms with E-state index in [0.717, 1.165) is 18.7 Å². The first-order chi connectivity index (χ1) is 7.86. The Morgan fingerprint density at radius 2 is 2.38 bits per heavy atom. The molecule has 1 atom stereocenters. The van der Waals surface area contributed by atoms with Crippen molar-refractivity contribution in [2.45, 2.75) is 32.2 Å². The van der Waals surface area contributed by atoms with Crippen LogP contribution in [0.5, 0.6) is 0 Å². The summed E-state index contributed by atoms with van der Waals surface area (Å²) in [6.45, 7) is 7.03. The average Bonchev–Trinajstić information content (AvgIpc) is 2.66. The second-order valence-electron chi connectivity index (χ2n) is 4.61. The molecule has 1 aromatic heterocycles. The van der Waals surface area contributed by atoms with Crippen LogP contribution in [0.2, 0.25) is 0 Å². The summed E-state index contributed by atoms with van der Waals surface area (Å²) in [7, 11) is 0. The lowest BCUT2D eigenvalue weighted by Gasteiger charge is -2.27. The first kappa shape index (κ1) is 11.7. The van der Waals surface area contributed by atoms with E-state index in [1.54, 1.807) is 6.26 Å². The van der Waals surface area contributed by atoms with E-state index in [-0.39, 0.29) is 0 Å². The number of nitrogens with zero attached hydrogens (tertiary/aromatic N) is 1. The number of hydrogen-bond donors (Lipinski definition) is 1. The van der Waals surface area contributed by atoms with E-state index >= 15 is 0 Å². The van der Waals surface area contributed by atoms with Crippen molar-refractivity contribution in [2.24, 2.45) is 0 Å². The van der Waals surface area contributed by atoms with Crippen LogP contribution in [0.25, 0.3) is 0 Å². The van der Waals surface area contributed by atoms with Crippen molar-refractivity contribution in [1.82, 2.24) is 10.2 Å². The molecule has 2 heterocycles. The molecule has 0 radical (unpaired) electrons. The fraction of sp³-hybridized carbons (Fsp3) is 0.692. The monoisotopic (exact) mass is 222 g/mol. The highest BCUT2D eigenvalue weighted by Crippen LogP contribution is 2.11. The molecular weight excluding hydrogens is 200 g/mol. The first-order valence-corrected chi connectivity index (χ1v) is 6.33. The first-order valence-electron chi connectivity index (χ1n) is 6.33. The lowest BCUT2D eigenvalue weighted by atomic mass is 10.1. The smallest absolute Gasteiger partial charge is 0.103 e. The van der Waals surface area contributed by atoms with Crippen LogP contribution in [0, 0.1) is 0 Å². The summed E-state index contributed by atoms with van der Waals surface area (Å²) < 4.78 is 5.37. The Morgan fingerprint density at radius 1 is 1.44 bits per heavy atom. The highest BCUT2D eigenvalue weighted by molar-refractivity contribution is 4.98. The minimum Gasteiger partial charge on any atom is -0.469 e. The summed E-state index contributed by atoms with van der Waals surface area (Å²) in [4.78, 5) is 2.59. The van der Waals surface area contributed by atoms with Crippen LogP contribution >= 0.6 is 0 Å². The number of nitrogens with one attached hydrogen (secondary N) is 1. The second kappa shape index (κ2) is 6.06. The molecule has 0 saturated carbocycles. The summed E-state index contributed by atoms with van der Waals surface area (Å²) >= 11 is 0. The van der Waals surface area contributed by atoms with Crippen LogP contribution in [-0.2, 0) is 6.42 Å². The summed E-state index contributed by atoms with van der Waals surface area (Å²) in [5.74, 6) is 1.11. The van der Waals surface area contributed by atoms with E-state index in [4.69, 9.17) is 4.42 Å². The molecule has 3 heteroatoms. The fourth-order valence-electron chi connectivity index (χ4n) is 2.30. The fourth-order valence-corrected chi connectivity index (χ4v) is 2.30. The van der Waals surface area contributed by atoms with Crippen LogP contribution in [0.3, 0.4) is 0 Å². The van der Waals surface area contributed by atoms with Gasteiger partial charge >= 0.3 is 0 Å². The van der Waals surface area contributed by atoms with Crippen molar-refractivity contribution in [3.8, 4) is 0 Å². The van der Waals surface area contributed by atoms with Gasteiger partial charge in [0.05, 0.1) is 6.26 Å². The van der Waals surface area contributed by atoms with Crippen LogP contribution in [-0.4, -0.2) is 37.1 Å². The van der Waals surface area contributed by atoms with Crippen LogP contribution in [0.1, 0.15) is 25.5 Å². The average molecular weight is 222 g/mol. The van der Waals surface area contributed by atoms with Crippen molar-refractivity contribution in [3.63, 3.8) is 0 Å². The SMILES string of the molecule is CC(CCc1ccco1)N1CCCNCC1. The van der Waals surface area contributed by atoms with Crippen molar-refractivity contribution in [1.29, 1.82) is 0 Å². The molecule has 0 amide bonds. The zero-order valence-corrected chi connectivity index (χ0v) is 10.1. The van der Waals surface area contributed by atoms with Crippen molar-refractivity contribution < 1.29 is 4.42 Å². The van der Waals surface area contributed by atoms with Gasteiger partial charge in [0.25, 0.3) is 0 Å². The second-order valence-corrected chi connectivity index (χ2v) is 4.61. The van der Waals surface area contributed by atoms with Gasteiger partial charge in [-0.3, -0.25) is 4.90 Å². The topological polar surface area (TPSA) is 28.4 Å². The third-order valence-electron chi connectivity index (χ3n) is 3.39. The van der Waals surface area contributed by atoms with Crippen molar-refractivity contribution in [2.75, 3.05) is 26.2 Å². The molecule has 1 unspecified atom stereocenters. The standard InChI is InChI=1S/C13H22N2O/c1-12(5-6-13-4-2-11-16-13)15-9-3-7-14-8-10-15/h2,4,11-12,14H,3,5-10H2,1H3. The summed E-state index contributed by atoms with van der Waals surface area (Å²) in [6.07, 6.45) is 5.27. The molecule has 0 spiro atoms. The van der Waals surface area contributed by atoms with Gasteiger partial charge in [-0.15, -0.1) is 0 Å². The molecule has 1 aliphatic rings. The number of aryl methyl sites for hydroxylation is 1. The maximum Gasteiger partial charge on any atom is 0.103 e. The molecule has 2 rings (SSSR count).